The lowest BCUT2D eigenvalue weighted by atomic mass is 9.83. The first kappa shape index (κ1) is 12.6. The monoisotopic (exact) mass is 237 g/mol. The maximum absolute atomic E-state index is 5.79. The van der Waals surface area contributed by atoms with E-state index in [2.05, 4.69) is 36.3 Å². The molecule has 4 heteroatoms. The smallest absolute Gasteiger partial charge is 0.233 e. The van der Waals surface area contributed by atoms with Crippen molar-refractivity contribution >= 4 is 0 Å². The Morgan fingerprint density at radius 1 is 1.29 bits per heavy atom. The van der Waals surface area contributed by atoms with Gasteiger partial charge in [0.2, 0.25) is 11.8 Å². The predicted octanol–water partition coefficient (Wildman–Crippen LogP) is 3.03. The minimum atomic E-state index is 0.156. The molecule has 1 aliphatic rings. The van der Waals surface area contributed by atoms with E-state index in [9.17, 15) is 0 Å². The number of rotatable bonds is 4. The van der Waals surface area contributed by atoms with Crippen LogP contribution >= 0.6 is 0 Å². The van der Waals surface area contributed by atoms with Crippen LogP contribution in [0.2, 0.25) is 0 Å². The molecule has 1 unspecified atom stereocenters. The van der Waals surface area contributed by atoms with E-state index >= 15 is 0 Å². The fourth-order valence-electron chi connectivity index (χ4n) is 2.49. The van der Waals surface area contributed by atoms with Crippen LogP contribution in [0.1, 0.15) is 70.2 Å². The Labute approximate surface area is 103 Å². The van der Waals surface area contributed by atoms with Gasteiger partial charge in [0.25, 0.3) is 0 Å². The van der Waals surface area contributed by atoms with Crippen LogP contribution in [-0.2, 0) is 0 Å². The molecule has 1 fully saturated rings. The predicted molar refractivity (Wildman–Crippen MR) is 66.8 cm³/mol. The van der Waals surface area contributed by atoms with Gasteiger partial charge >= 0.3 is 0 Å². The molecule has 0 aliphatic heterocycles. The van der Waals surface area contributed by atoms with Crippen molar-refractivity contribution in [1.29, 1.82) is 0 Å². The van der Waals surface area contributed by atoms with E-state index in [1.165, 1.54) is 25.7 Å². The Hall–Kier alpha value is -0.900. The van der Waals surface area contributed by atoms with Crippen molar-refractivity contribution in [2.45, 2.75) is 58.4 Å². The zero-order valence-corrected chi connectivity index (χ0v) is 11.1. The van der Waals surface area contributed by atoms with Crippen molar-refractivity contribution in [3.63, 3.8) is 0 Å². The van der Waals surface area contributed by atoms with E-state index < -0.39 is 0 Å². The van der Waals surface area contributed by atoms with E-state index in [0.29, 0.717) is 5.92 Å². The van der Waals surface area contributed by atoms with Crippen LogP contribution < -0.4 is 5.32 Å². The topological polar surface area (TPSA) is 51.0 Å². The van der Waals surface area contributed by atoms with Gasteiger partial charge in [-0.3, -0.25) is 0 Å². The Bertz CT molecular complexity index is 342. The van der Waals surface area contributed by atoms with Gasteiger partial charge in [-0.25, -0.2) is 0 Å². The van der Waals surface area contributed by atoms with Crippen molar-refractivity contribution in [1.82, 2.24) is 15.5 Å². The van der Waals surface area contributed by atoms with E-state index in [1.54, 1.807) is 0 Å². The van der Waals surface area contributed by atoms with Gasteiger partial charge in [-0.2, -0.15) is 0 Å². The molecule has 1 aromatic heterocycles. The maximum Gasteiger partial charge on any atom is 0.233 e. The van der Waals surface area contributed by atoms with Crippen molar-refractivity contribution in [2.24, 2.45) is 5.92 Å². The quantitative estimate of drug-likeness (QED) is 0.874. The molecular formula is C13H23N3O. The molecule has 0 spiro atoms. The summed E-state index contributed by atoms with van der Waals surface area (Å²) in [5.41, 5.74) is 0. The van der Waals surface area contributed by atoms with Crippen LogP contribution in [0.15, 0.2) is 4.42 Å². The molecule has 0 amide bonds. The molecule has 0 radical (unpaired) electrons. The molecule has 2 rings (SSSR count). The Balaban J connectivity index is 1.98. The molecule has 1 saturated carbocycles. The summed E-state index contributed by atoms with van der Waals surface area (Å²) >= 11 is 0. The lowest BCUT2D eigenvalue weighted by molar-refractivity contribution is 0.296. The minimum Gasteiger partial charge on any atom is -0.423 e. The van der Waals surface area contributed by atoms with Crippen LogP contribution in [-0.4, -0.2) is 16.7 Å². The van der Waals surface area contributed by atoms with Gasteiger partial charge in [-0.15, -0.1) is 10.2 Å². The summed E-state index contributed by atoms with van der Waals surface area (Å²) in [6.07, 6.45) is 4.95. The summed E-state index contributed by atoms with van der Waals surface area (Å²) < 4.78 is 5.79. The van der Waals surface area contributed by atoms with Crippen LogP contribution in [0, 0.1) is 5.92 Å². The molecule has 1 aromatic rings. The first-order valence-electron chi connectivity index (χ1n) is 6.77. The van der Waals surface area contributed by atoms with E-state index in [-0.39, 0.29) is 6.04 Å². The minimum absolute atomic E-state index is 0.156. The van der Waals surface area contributed by atoms with Crippen LogP contribution in [0.4, 0.5) is 0 Å². The van der Waals surface area contributed by atoms with Crippen molar-refractivity contribution in [2.75, 3.05) is 6.54 Å². The maximum atomic E-state index is 5.79. The average Bonchev–Trinajstić information content (AvgIpc) is 2.80. The number of hydrogen-bond acceptors (Lipinski definition) is 4. The lowest BCUT2D eigenvalue weighted by Crippen LogP contribution is -2.17. The average molecular weight is 237 g/mol. The Morgan fingerprint density at radius 2 is 2.00 bits per heavy atom. The molecule has 4 nitrogen and oxygen atoms in total. The van der Waals surface area contributed by atoms with Crippen molar-refractivity contribution < 1.29 is 4.42 Å². The fraction of sp³-hybridized carbons (Fsp3) is 0.846. The van der Waals surface area contributed by atoms with Crippen LogP contribution in [0.25, 0.3) is 0 Å². The van der Waals surface area contributed by atoms with Gasteiger partial charge in [0.1, 0.15) is 0 Å². The van der Waals surface area contributed by atoms with E-state index in [1.807, 2.05) is 0 Å². The third-order valence-corrected chi connectivity index (χ3v) is 3.70. The highest BCUT2D eigenvalue weighted by Gasteiger charge is 2.25. The second-order valence-corrected chi connectivity index (χ2v) is 5.21. The van der Waals surface area contributed by atoms with Gasteiger partial charge in [0.05, 0.1) is 6.04 Å². The highest BCUT2D eigenvalue weighted by Crippen LogP contribution is 2.35. The third kappa shape index (κ3) is 3.06. The van der Waals surface area contributed by atoms with Gasteiger partial charge in [0, 0.05) is 5.92 Å². The number of hydrogen-bond donors (Lipinski definition) is 1. The molecule has 1 aliphatic carbocycles. The van der Waals surface area contributed by atoms with Crippen molar-refractivity contribution in [3.05, 3.63) is 11.8 Å². The first-order chi connectivity index (χ1) is 8.20. The molecule has 0 saturated heterocycles. The molecule has 1 atom stereocenters. The number of aromatic nitrogens is 2. The van der Waals surface area contributed by atoms with Crippen molar-refractivity contribution in [3.8, 4) is 0 Å². The first-order valence-corrected chi connectivity index (χ1v) is 6.77. The zero-order chi connectivity index (χ0) is 12.3. The number of nitrogens with zero attached hydrogens (tertiary/aromatic N) is 2. The van der Waals surface area contributed by atoms with E-state index in [0.717, 1.165) is 24.2 Å². The molecule has 0 bridgehead atoms. The highest BCUT2D eigenvalue weighted by atomic mass is 16.4. The van der Waals surface area contributed by atoms with Gasteiger partial charge in [0.15, 0.2) is 0 Å². The second-order valence-electron chi connectivity index (χ2n) is 5.21. The molecule has 1 heterocycles. The molecule has 17 heavy (non-hydrogen) atoms. The highest BCUT2D eigenvalue weighted by molar-refractivity contribution is 4.96. The largest absolute Gasteiger partial charge is 0.423 e. The normalized spacial score (nSPS) is 27.0. The zero-order valence-electron chi connectivity index (χ0n) is 11.1. The van der Waals surface area contributed by atoms with Crippen LogP contribution in [0.5, 0.6) is 0 Å². The molecule has 96 valence electrons. The summed E-state index contributed by atoms with van der Waals surface area (Å²) in [5, 5.41) is 11.7. The Kier molecular flexibility index (Phi) is 4.15. The summed E-state index contributed by atoms with van der Waals surface area (Å²) in [5.74, 6) is 2.91. The fourth-order valence-corrected chi connectivity index (χ4v) is 2.49. The van der Waals surface area contributed by atoms with Crippen LogP contribution in [0.3, 0.4) is 0 Å². The standard InChI is InChI=1S/C13H23N3O/c1-4-14-10(3)12-15-16-13(17-12)11-7-5-9(2)6-8-11/h9-11,14H,4-8H2,1-3H3. The van der Waals surface area contributed by atoms with Gasteiger partial charge < -0.3 is 9.73 Å². The van der Waals surface area contributed by atoms with Gasteiger partial charge in [-0.1, -0.05) is 13.8 Å². The third-order valence-electron chi connectivity index (χ3n) is 3.70. The second kappa shape index (κ2) is 5.63. The SMILES string of the molecule is CCNC(C)c1nnc(C2CCC(C)CC2)o1. The summed E-state index contributed by atoms with van der Waals surface area (Å²) in [7, 11) is 0. The summed E-state index contributed by atoms with van der Waals surface area (Å²) in [6.45, 7) is 7.38. The van der Waals surface area contributed by atoms with Gasteiger partial charge in [-0.05, 0) is 45.1 Å². The summed E-state index contributed by atoms with van der Waals surface area (Å²) in [6, 6.07) is 0.156. The molecular weight excluding hydrogens is 214 g/mol. The number of nitrogens with one attached hydrogen (secondary N) is 1. The Morgan fingerprint density at radius 3 is 2.65 bits per heavy atom. The lowest BCUT2D eigenvalue weighted by Gasteiger charge is -2.23. The molecule has 0 aromatic carbocycles. The summed E-state index contributed by atoms with van der Waals surface area (Å²) in [4.78, 5) is 0. The molecule has 1 N–H and O–H groups in total. The van der Waals surface area contributed by atoms with E-state index in [4.69, 9.17) is 4.42 Å².